The van der Waals surface area contributed by atoms with Gasteiger partial charge in [0.1, 0.15) is 6.54 Å². The molecule has 0 unspecified atom stereocenters. The van der Waals surface area contributed by atoms with Gasteiger partial charge in [-0.2, -0.15) is 5.53 Å². The lowest BCUT2D eigenvalue weighted by Gasteiger charge is -2.06. The summed E-state index contributed by atoms with van der Waals surface area (Å²) in [6.07, 6.45) is 0. The standard InChI is InChI=1S/C10H21N3O4/c1-10(14)12-2-4-15-6-8-17-9-7-16-5-3-13-11/h11H,2-9H2,1H3,(H,12,14)/p+1. The quantitative estimate of drug-likeness (QED) is 0.321. The van der Waals surface area contributed by atoms with Gasteiger partial charge in [0.05, 0.1) is 39.6 Å². The number of carbonyl (C=O) groups is 1. The van der Waals surface area contributed by atoms with Crippen LogP contribution in [0.4, 0.5) is 0 Å². The minimum atomic E-state index is -0.0498. The molecule has 0 aliphatic carbocycles. The zero-order valence-electron chi connectivity index (χ0n) is 10.3. The van der Waals surface area contributed by atoms with Gasteiger partial charge in [-0.15, -0.1) is 0 Å². The Kier molecular flexibility index (Phi) is 12.2. The van der Waals surface area contributed by atoms with E-state index in [0.717, 1.165) is 0 Å². The van der Waals surface area contributed by atoms with Crippen LogP contribution in [0.1, 0.15) is 6.92 Å². The highest BCUT2D eigenvalue weighted by molar-refractivity contribution is 5.72. The minimum Gasteiger partial charge on any atom is -0.377 e. The maximum Gasteiger partial charge on any atom is 0.216 e. The molecule has 0 rings (SSSR count). The number of hydrogen-bond donors (Lipinski definition) is 2. The fraction of sp³-hybridized carbons (Fsp3) is 0.900. The third-order valence-corrected chi connectivity index (χ3v) is 1.73. The van der Waals surface area contributed by atoms with E-state index in [1.807, 2.05) is 0 Å². The van der Waals surface area contributed by atoms with E-state index in [1.54, 1.807) is 0 Å². The predicted molar refractivity (Wildman–Crippen MR) is 60.4 cm³/mol. The summed E-state index contributed by atoms with van der Waals surface area (Å²) in [5.41, 5.74) is 4.94. The maximum atomic E-state index is 10.5. The SMILES string of the molecule is CC(=O)NCCOCCOCCOCCN=[NH2+]. The highest BCUT2D eigenvalue weighted by Crippen LogP contribution is 1.81. The van der Waals surface area contributed by atoms with E-state index in [9.17, 15) is 4.79 Å². The largest absolute Gasteiger partial charge is 0.377 e. The van der Waals surface area contributed by atoms with Gasteiger partial charge >= 0.3 is 0 Å². The Morgan fingerprint density at radius 3 is 2.12 bits per heavy atom. The monoisotopic (exact) mass is 248 g/mol. The molecule has 0 bridgehead atoms. The van der Waals surface area contributed by atoms with Crippen LogP contribution in [-0.4, -0.2) is 58.6 Å². The van der Waals surface area contributed by atoms with E-state index in [4.69, 9.17) is 19.7 Å². The van der Waals surface area contributed by atoms with Crippen LogP contribution in [-0.2, 0) is 19.0 Å². The van der Waals surface area contributed by atoms with E-state index < -0.39 is 0 Å². The molecular weight excluding hydrogens is 226 g/mol. The first-order valence-corrected chi connectivity index (χ1v) is 5.61. The number of carbonyl (C=O) groups excluding carboxylic acids is 1. The molecule has 0 heterocycles. The van der Waals surface area contributed by atoms with Gasteiger partial charge in [0.25, 0.3) is 0 Å². The van der Waals surface area contributed by atoms with Crippen molar-refractivity contribution >= 4 is 5.91 Å². The Bertz CT molecular complexity index is 202. The van der Waals surface area contributed by atoms with Crippen LogP contribution in [0.3, 0.4) is 0 Å². The topological polar surface area (TPSA) is 94.7 Å². The Balaban J connectivity index is 2.94. The second-order valence-electron chi connectivity index (χ2n) is 3.23. The van der Waals surface area contributed by atoms with Crippen LogP contribution in [0.15, 0.2) is 5.11 Å². The maximum absolute atomic E-state index is 10.5. The highest BCUT2D eigenvalue weighted by Gasteiger charge is 1.93. The van der Waals surface area contributed by atoms with Gasteiger partial charge in [0, 0.05) is 13.5 Å². The molecule has 17 heavy (non-hydrogen) atoms. The van der Waals surface area contributed by atoms with Gasteiger partial charge in [0.2, 0.25) is 5.91 Å². The summed E-state index contributed by atoms with van der Waals surface area (Å²) >= 11 is 0. The average Bonchev–Trinajstić information content (AvgIpc) is 2.30. The molecule has 0 saturated carbocycles. The summed E-state index contributed by atoms with van der Waals surface area (Å²) in [5, 5.41) is 6.04. The van der Waals surface area contributed by atoms with Gasteiger partial charge in [-0.05, 0) is 5.11 Å². The first-order chi connectivity index (χ1) is 8.27. The van der Waals surface area contributed by atoms with Crippen LogP contribution in [0.2, 0.25) is 0 Å². The molecule has 0 saturated heterocycles. The summed E-state index contributed by atoms with van der Waals surface area (Å²) in [6, 6.07) is 0. The number of rotatable bonds is 12. The first-order valence-electron chi connectivity index (χ1n) is 5.61. The molecule has 0 radical (unpaired) electrons. The fourth-order valence-corrected chi connectivity index (χ4v) is 0.958. The average molecular weight is 248 g/mol. The Hall–Kier alpha value is -1.05. The van der Waals surface area contributed by atoms with E-state index in [1.165, 1.54) is 6.92 Å². The molecule has 0 aliphatic rings. The third-order valence-electron chi connectivity index (χ3n) is 1.73. The molecule has 0 spiro atoms. The van der Waals surface area contributed by atoms with E-state index in [2.05, 4.69) is 10.4 Å². The van der Waals surface area contributed by atoms with Crippen molar-refractivity contribution in [2.45, 2.75) is 6.92 Å². The molecular formula is C10H22N3O4+. The van der Waals surface area contributed by atoms with Gasteiger partial charge < -0.3 is 19.5 Å². The van der Waals surface area contributed by atoms with Crippen LogP contribution >= 0.6 is 0 Å². The van der Waals surface area contributed by atoms with Gasteiger partial charge in [-0.3, -0.25) is 4.79 Å². The number of nitrogens with two attached hydrogens (primary N) is 1. The van der Waals surface area contributed by atoms with Crippen molar-refractivity contribution in [1.29, 1.82) is 0 Å². The van der Waals surface area contributed by atoms with Crippen molar-refractivity contribution in [3.8, 4) is 0 Å². The van der Waals surface area contributed by atoms with Crippen molar-refractivity contribution in [2.75, 3.05) is 52.7 Å². The number of hydrogen-bond acceptors (Lipinski definition) is 5. The van der Waals surface area contributed by atoms with Gasteiger partial charge in [0.15, 0.2) is 0 Å². The normalized spacial score (nSPS) is 10.2. The molecule has 1 amide bonds. The summed E-state index contributed by atoms with van der Waals surface area (Å²) < 4.78 is 15.6. The third kappa shape index (κ3) is 14.9. The number of ether oxygens (including phenoxy) is 3. The Labute approximate surface area is 101 Å². The van der Waals surface area contributed by atoms with Crippen molar-refractivity contribution < 1.29 is 24.5 Å². The second kappa shape index (κ2) is 13.0. The molecule has 7 nitrogen and oxygen atoms in total. The van der Waals surface area contributed by atoms with Crippen molar-refractivity contribution in [2.24, 2.45) is 5.11 Å². The van der Waals surface area contributed by atoms with E-state index in [-0.39, 0.29) is 5.91 Å². The molecule has 3 N–H and O–H groups in total. The lowest BCUT2D eigenvalue weighted by molar-refractivity contribution is -0.223. The molecule has 0 atom stereocenters. The number of nitrogens with one attached hydrogen (secondary N) is 1. The van der Waals surface area contributed by atoms with Gasteiger partial charge in [-0.25, -0.2) is 0 Å². The Morgan fingerprint density at radius 1 is 1.06 bits per heavy atom. The van der Waals surface area contributed by atoms with Crippen LogP contribution in [0, 0.1) is 0 Å². The summed E-state index contributed by atoms with van der Waals surface area (Å²) in [7, 11) is 0. The summed E-state index contributed by atoms with van der Waals surface area (Å²) in [5.74, 6) is -0.0498. The molecule has 0 aliphatic heterocycles. The van der Waals surface area contributed by atoms with Gasteiger partial charge in [-0.1, -0.05) is 0 Å². The van der Waals surface area contributed by atoms with E-state index in [0.29, 0.717) is 52.7 Å². The zero-order valence-corrected chi connectivity index (χ0v) is 10.3. The van der Waals surface area contributed by atoms with Crippen molar-refractivity contribution in [3.05, 3.63) is 0 Å². The Morgan fingerprint density at radius 2 is 1.59 bits per heavy atom. The van der Waals surface area contributed by atoms with E-state index >= 15 is 0 Å². The number of amides is 1. The number of nitrogens with zero attached hydrogens (tertiary/aromatic N) is 1. The molecule has 7 heteroatoms. The minimum absolute atomic E-state index is 0.0498. The highest BCUT2D eigenvalue weighted by atomic mass is 16.5. The first kappa shape index (κ1) is 16.0. The second-order valence-corrected chi connectivity index (χ2v) is 3.23. The molecule has 0 aromatic carbocycles. The predicted octanol–water partition coefficient (Wildman–Crippen LogP) is -1.62. The van der Waals surface area contributed by atoms with Crippen LogP contribution in [0.5, 0.6) is 0 Å². The van der Waals surface area contributed by atoms with Crippen LogP contribution < -0.4 is 10.8 Å². The molecule has 100 valence electrons. The smallest absolute Gasteiger partial charge is 0.216 e. The fourth-order valence-electron chi connectivity index (χ4n) is 0.958. The molecule has 0 aromatic rings. The van der Waals surface area contributed by atoms with Crippen molar-refractivity contribution in [1.82, 2.24) is 5.32 Å². The molecule has 0 fully saturated rings. The van der Waals surface area contributed by atoms with Crippen molar-refractivity contribution in [3.63, 3.8) is 0 Å². The zero-order chi connectivity index (χ0) is 12.8. The molecule has 0 aromatic heterocycles. The van der Waals surface area contributed by atoms with Crippen LogP contribution in [0.25, 0.3) is 0 Å². The lowest BCUT2D eigenvalue weighted by atomic mass is 10.6. The summed E-state index contributed by atoms with van der Waals surface area (Å²) in [6.45, 7) is 5.61. The lowest BCUT2D eigenvalue weighted by Crippen LogP contribution is -2.25. The summed E-state index contributed by atoms with van der Waals surface area (Å²) in [4.78, 5) is 10.5.